The van der Waals surface area contributed by atoms with Gasteiger partial charge in [-0.15, -0.1) is 0 Å². The number of fused-ring (bicyclic) bond motifs is 1. The van der Waals surface area contributed by atoms with Crippen molar-refractivity contribution in [3.8, 4) is 34.7 Å². The third kappa shape index (κ3) is 3.68. The summed E-state index contributed by atoms with van der Waals surface area (Å²) in [6, 6.07) is 16.4. The maximum absolute atomic E-state index is 9.36. The van der Waals surface area contributed by atoms with Crippen molar-refractivity contribution in [1.82, 2.24) is 25.0 Å². The minimum atomic E-state index is -0.528. The van der Waals surface area contributed by atoms with E-state index in [4.69, 9.17) is 10.1 Å². The van der Waals surface area contributed by atoms with Gasteiger partial charge in [0, 0.05) is 35.0 Å². The van der Waals surface area contributed by atoms with Crippen LogP contribution in [0.15, 0.2) is 48.8 Å². The van der Waals surface area contributed by atoms with Crippen LogP contribution >= 0.6 is 0 Å². The summed E-state index contributed by atoms with van der Waals surface area (Å²) in [7, 11) is 0. The van der Waals surface area contributed by atoms with Gasteiger partial charge in [-0.05, 0) is 56.0 Å². The molecule has 3 aromatic heterocycles. The van der Waals surface area contributed by atoms with Crippen molar-refractivity contribution in [2.75, 3.05) is 6.61 Å². The highest BCUT2D eigenvalue weighted by molar-refractivity contribution is 5.96. The van der Waals surface area contributed by atoms with Gasteiger partial charge in [-0.3, -0.25) is 9.97 Å². The van der Waals surface area contributed by atoms with Crippen molar-refractivity contribution >= 4 is 10.9 Å². The number of nitriles is 2. The van der Waals surface area contributed by atoms with E-state index in [-0.39, 0.29) is 18.9 Å². The Bertz CT molecular complexity index is 1450. The molecule has 8 nitrogen and oxygen atoms in total. The van der Waals surface area contributed by atoms with Gasteiger partial charge in [-0.25, -0.2) is 0 Å². The van der Waals surface area contributed by atoms with Crippen molar-refractivity contribution < 1.29 is 5.11 Å². The number of pyridine rings is 2. The van der Waals surface area contributed by atoms with Crippen LogP contribution in [0.1, 0.15) is 30.5 Å². The Morgan fingerprint density at radius 3 is 2.76 bits per heavy atom. The van der Waals surface area contributed by atoms with Crippen LogP contribution in [0.2, 0.25) is 0 Å². The lowest BCUT2D eigenvalue weighted by Gasteiger charge is -2.42. The number of hydrogen-bond acceptors (Lipinski definition) is 7. The summed E-state index contributed by atoms with van der Waals surface area (Å²) in [5.74, 6) is -0.0701. The molecule has 5 rings (SSSR count). The van der Waals surface area contributed by atoms with E-state index < -0.39 is 5.54 Å². The molecule has 1 aliphatic carbocycles. The molecule has 0 bridgehead atoms. The molecule has 0 spiro atoms. The third-order valence-corrected chi connectivity index (χ3v) is 6.63. The zero-order valence-electron chi connectivity index (χ0n) is 18.8. The Morgan fingerprint density at radius 1 is 1.18 bits per heavy atom. The molecule has 0 radical (unpaired) electrons. The minimum Gasteiger partial charge on any atom is -0.396 e. The normalized spacial score (nSPS) is 19.4. The molecular formula is C26H23N7O. The first-order chi connectivity index (χ1) is 16.6. The number of aromatic nitrogens is 5. The third-order valence-electron chi connectivity index (χ3n) is 6.63. The molecule has 0 amide bonds. The molecule has 1 saturated carbocycles. The second-order valence-electron chi connectivity index (χ2n) is 8.82. The van der Waals surface area contributed by atoms with Crippen LogP contribution in [0.25, 0.3) is 33.4 Å². The first-order valence-corrected chi connectivity index (χ1v) is 11.2. The van der Waals surface area contributed by atoms with E-state index in [1.807, 2.05) is 43.3 Å². The van der Waals surface area contributed by atoms with E-state index in [1.165, 1.54) is 0 Å². The molecule has 1 aromatic carbocycles. The van der Waals surface area contributed by atoms with Crippen LogP contribution in [0.3, 0.4) is 0 Å². The van der Waals surface area contributed by atoms with Crippen molar-refractivity contribution in [2.24, 2.45) is 5.92 Å². The van der Waals surface area contributed by atoms with Crippen LogP contribution in [-0.4, -0.2) is 36.7 Å². The second kappa shape index (κ2) is 8.66. The van der Waals surface area contributed by atoms with Gasteiger partial charge in [-0.1, -0.05) is 12.1 Å². The highest BCUT2D eigenvalue weighted by atomic mass is 16.2. The van der Waals surface area contributed by atoms with Gasteiger partial charge in [0.2, 0.25) is 0 Å². The number of aryl methyl sites for hydroxylation is 1. The quantitative estimate of drug-likeness (QED) is 0.473. The molecule has 3 heterocycles. The summed E-state index contributed by atoms with van der Waals surface area (Å²) in [6.07, 6.45) is 5.48. The molecular weight excluding hydrogens is 426 g/mol. The summed E-state index contributed by atoms with van der Waals surface area (Å²) >= 11 is 0. The largest absolute Gasteiger partial charge is 0.396 e. The van der Waals surface area contributed by atoms with Crippen LogP contribution in [-0.2, 0) is 12.0 Å². The van der Waals surface area contributed by atoms with Crippen molar-refractivity contribution in [3.05, 3.63) is 60.0 Å². The van der Waals surface area contributed by atoms with Gasteiger partial charge in [0.15, 0.2) is 0 Å². The molecule has 0 aliphatic heterocycles. The minimum absolute atomic E-state index is 0.0701. The summed E-state index contributed by atoms with van der Waals surface area (Å²) in [4.78, 5) is 11.0. The lowest BCUT2D eigenvalue weighted by molar-refractivity contribution is 0.0713. The predicted octanol–water partition coefficient (Wildman–Crippen LogP) is 3.94. The smallest absolute Gasteiger partial charge is 0.113 e. The Balaban J connectivity index is 1.59. The maximum Gasteiger partial charge on any atom is 0.113 e. The van der Waals surface area contributed by atoms with Gasteiger partial charge < -0.3 is 5.11 Å². The number of hydrogen-bond donors (Lipinski definition) is 1. The number of rotatable bonds is 6. The lowest BCUT2D eigenvalue weighted by Crippen LogP contribution is -2.47. The fourth-order valence-corrected chi connectivity index (χ4v) is 4.77. The van der Waals surface area contributed by atoms with Gasteiger partial charge in [0.1, 0.15) is 5.69 Å². The van der Waals surface area contributed by atoms with Gasteiger partial charge in [-0.2, -0.15) is 25.5 Å². The van der Waals surface area contributed by atoms with Crippen LogP contribution in [0.4, 0.5) is 0 Å². The first-order valence-electron chi connectivity index (χ1n) is 11.2. The molecule has 0 atom stereocenters. The molecule has 8 heteroatoms. The number of aliphatic hydroxyl groups is 1. The van der Waals surface area contributed by atoms with Gasteiger partial charge in [0.05, 0.1) is 47.4 Å². The Kier molecular flexibility index (Phi) is 5.53. The number of nitrogens with zero attached hydrogens (tertiary/aromatic N) is 7. The molecule has 1 N–H and O–H groups in total. The number of aliphatic hydroxyl groups excluding tert-OH is 1. The molecule has 168 valence electrons. The SMILES string of the molecule is Cc1nc(-c2cc(-c3cnn([C@]4(CC#N)C[C@@H](C#N)C4)n3)c3cccnc3c2)ccc1CCO. The Labute approximate surface area is 197 Å². The van der Waals surface area contributed by atoms with Crippen molar-refractivity contribution in [2.45, 2.75) is 38.1 Å². The van der Waals surface area contributed by atoms with Gasteiger partial charge >= 0.3 is 0 Å². The van der Waals surface area contributed by atoms with Crippen LogP contribution in [0.5, 0.6) is 0 Å². The molecule has 1 fully saturated rings. The molecule has 4 aromatic rings. The standard InChI is InChI=1S/C26H23N7O/c1-17-19(6-10-34)4-5-23(31-17)20-11-22(21-3-2-9-29-24(21)12-20)25-16-30-33(32-25)26(7-8-27)13-18(14-26)15-28/h2-5,9,11-12,16,18,34H,6-7,10,13-14H2,1H3/t18-,26-. The summed E-state index contributed by atoms with van der Waals surface area (Å²) in [6.45, 7) is 2.03. The summed E-state index contributed by atoms with van der Waals surface area (Å²) < 4.78 is 0. The van der Waals surface area contributed by atoms with Crippen molar-refractivity contribution in [3.63, 3.8) is 0 Å². The molecule has 0 saturated heterocycles. The summed E-state index contributed by atoms with van der Waals surface area (Å²) in [5.41, 5.74) is 5.50. The predicted molar refractivity (Wildman–Crippen MR) is 126 cm³/mol. The van der Waals surface area contributed by atoms with E-state index in [2.05, 4.69) is 22.2 Å². The van der Waals surface area contributed by atoms with E-state index in [0.29, 0.717) is 25.0 Å². The number of benzene rings is 1. The Hall–Kier alpha value is -4.14. The zero-order valence-corrected chi connectivity index (χ0v) is 18.8. The van der Waals surface area contributed by atoms with E-state index in [1.54, 1.807) is 17.2 Å². The monoisotopic (exact) mass is 449 g/mol. The topological polar surface area (TPSA) is 124 Å². The van der Waals surface area contributed by atoms with Gasteiger partial charge in [0.25, 0.3) is 0 Å². The average molecular weight is 450 g/mol. The highest BCUT2D eigenvalue weighted by Crippen LogP contribution is 2.45. The fourth-order valence-electron chi connectivity index (χ4n) is 4.77. The lowest BCUT2D eigenvalue weighted by atomic mass is 9.68. The Morgan fingerprint density at radius 2 is 2.03 bits per heavy atom. The van der Waals surface area contributed by atoms with E-state index >= 15 is 0 Å². The summed E-state index contributed by atoms with van der Waals surface area (Å²) in [5, 5.41) is 38.1. The second-order valence-corrected chi connectivity index (χ2v) is 8.82. The molecule has 0 unspecified atom stereocenters. The molecule has 34 heavy (non-hydrogen) atoms. The maximum atomic E-state index is 9.36. The van der Waals surface area contributed by atoms with Crippen molar-refractivity contribution in [1.29, 1.82) is 10.5 Å². The first kappa shape index (κ1) is 21.7. The zero-order chi connectivity index (χ0) is 23.7. The van der Waals surface area contributed by atoms with Crippen LogP contribution < -0.4 is 0 Å². The average Bonchev–Trinajstić information content (AvgIpc) is 3.32. The fraction of sp³-hybridized carbons (Fsp3) is 0.308. The highest BCUT2D eigenvalue weighted by Gasteiger charge is 2.48. The molecule has 1 aliphatic rings. The van der Waals surface area contributed by atoms with E-state index in [9.17, 15) is 15.6 Å². The van der Waals surface area contributed by atoms with E-state index in [0.717, 1.165) is 39.0 Å². The van der Waals surface area contributed by atoms with Crippen LogP contribution in [0, 0.1) is 35.5 Å².